The van der Waals surface area contributed by atoms with Gasteiger partial charge in [0.2, 0.25) is 0 Å². The summed E-state index contributed by atoms with van der Waals surface area (Å²) in [6.07, 6.45) is 4.88. The lowest BCUT2D eigenvalue weighted by molar-refractivity contribution is 0.412. The van der Waals surface area contributed by atoms with Gasteiger partial charge in [0, 0.05) is 12.1 Å². The normalized spacial score (nSPS) is 24.8. The van der Waals surface area contributed by atoms with E-state index in [0.717, 1.165) is 6.42 Å². The zero-order chi connectivity index (χ0) is 11.7. The minimum atomic E-state index is 0.401. The lowest BCUT2D eigenvalue weighted by Crippen LogP contribution is -2.34. The van der Waals surface area contributed by atoms with Crippen molar-refractivity contribution in [1.29, 1.82) is 0 Å². The lowest BCUT2D eigenvalue weighted by atomic mass is 10.1. The summed E-state index contributed by atoms with van der Waals surface area (Å²) in [5, 5.41) is 13.3. The minimum Gasteiger partial charge on any atom is -0.508 e. The Morgan fingerprint density at radius 1 is 1.18 bits per heavy atom. The number of hydrogen-bond acceptors (Lipinski definition) is 3. The van der Waals surface area contributed by atoms with Crippen molar-refractivity contribution in [3.8, 4) is 5.75 Å². The molecule has 0 saturated carbocycles. The van der Waals surface area contributed by atoms with Crippen LogP contribution in [0.3, 0.4) is 0 Å². The number of thioether (sulfide) groups is 1. The van der Waals surface area contributed by atoms with Gasteiger partial charge in [-0.1, -0.05) is 6.07 Å². The molecule has 1 aromatic rings. The number of hydrogen-bond donors (Lipinski definition) is 2. The summed E-state index contributed by atoms with van der Waals surface area (Å²) >= 11 is 2.07. The molecule has 3 heteroatoms. The highest BCUT2D eigenvalue weighted by molar-refractivity contribution is 7.99. The molecule has 0 spiro atoms. The molecule has 2 nitrogen and oxygen atoms in total. The SMILES string of the molecule is Oc1ccc2c(c1)CCC2NC1CCSCC1. The van der Waals surface area contributed by atoms with Gasteiger partial charge in [0.1, 0.15) is 5.75 Å². The van der Waals surface area contributed by atoms with E-state index in [9.17, 15) is 5.11 Å². The number of phenolic OH excluding ortho intramolecular Hbond substituents is 1. The Hall–Kier alpha value is -0.670. The first-order valence-corrected chi connectivity index (χ1v) is 7.64. The van der Waals surface area contributed by atoms with Crippen molar-refractivity contribution in [3.05, 3.63) is 29.3 Å². The summed E-state index contributed by atoms with van der Waals surface area (Å²) in [5.74, 6) is 3.00. The number of benzene rings is 1. The van der Waals surface area contributed by atoms with Crippen LogP contribution in [-0.2, 0) is 6.42 Å². The number of aryl methyl sites for hydroxylation is 1. The van der Waals surface area contributed by atoms with E-state index in [4.69, 9.17) is 0 Å². The van der Waals surface area contributed by atoms with Crippen molar-refractivity contribution < 1.29 is 5.11 Å². The maximum absolute atomic E-state index is 9.48. The van der Waals surface area contributed by atoms with Crippen molar-refractivity contribution in [2.45, 2.75) is 37.8 Å². The van der Waals surface area contributed by atoms with Crippen LogP contribution in [0, 0.1) is 0 Å². The molecule has 0 bridgehead atoms. The maximum Gasteiger partial charge on any atom is 0.115 e. The second-order valence-corrected chi connectivity index (χ2v) is 6.25. The summed E-state index contributed by atoms with van der Waals surface area (Å²) in [6.45, 7) is 0. The molecule has 1 aliphatic heterocycles. The third-order valence-electron chi connectivity index (χ3n) is 3.86. The molecule has 1 atom stereocenters. The van der Waals surface area contributed by atoms with Crippen LogP contribution in [0.5, 0.6) is 5.75 Å². The Kier molecular flexibility index (Phi) is 3.30. The average Bonchev–Trinajstić information content (AvgIpc) is 2.73. The van der Waals surface area contributed by atoms with Crippen LogP contribution in [0.25, 0.3) is 0 Å². The summed E-state index contributed by atoms with van der Waals surface area (Å²) in [4.78, 5) is 0. The molecular formula is C14H19NOS. The molecule has 2 N–H and O–H groups in total. The van der Waals surface area contributed by atoms with Crippen LogP contribution in [0.2, 0.25) is 0 Å². The van der Waals surface area contributed by atoms with E-state index in [1.807, 2.05) is 12.1 Å². The zero-order valence-corrected chi connectivity index (χ0v) is 10.8. The van der Waals surface area contributed by atoms with Gasteiger partial charge in [0.25, 0.3) is 0 Å². The molecule has 92 valence electrons. The predicted octanol–water partition coefficient (Wildman–Crippen LogP) is 2.86. The highest BCUT2D eigenvalue weighted by atomic mass is 32.2. The van der Waals surface area contributed by atoms with Crippen LogP contribution in [0.4, 0.5) is 0 Å². The highest BCUT2D eigenvalue weighted by Crippen LogP contribution is 2.34. The van der Waals surface area contributed by atoms with E-state index < -0.39 is 0 Å². The predicted molar refractivity (Wildman–Crippen MR) is 72.7 cm³/mol. The molecule has 0 radical (unpaired) electrons. The van der Waals surface area contributed by atoms with Gasteiger partial charge in [-0.15, -0.1) is 0 Å². The number of rotatable bonds is 2. The summed E-state index contributed by atoms with van der Waals surface area (Å²) in [7, 11) is 0. The van der Waals surface area contributed by atoms with E-state index in [-0.39, 0.29) is 0 Å². The smallest absolute Gasteiger partial charge is 0.115 e. The molecule has 1 aromatic carbocycles. The van der Waals surface area contributed by atoms with Crippen LogP contribution >= 0.6 is 11.8 Å². The summed E-state index contributed by atoms with van der Waals surface area (Å²) < 4.78 is 0. The van der Waals surface area contributed by atoms with Crippen LogP contribution < -0.4 is 5.32 Å². The quantitative estimate of drug-likeness (QED) is 0.845. The first-order chi connectivity index (χ1) is 8.33. The van der Waals surface area contributed by atoms with Gasteiger partial charge in [-0.2, -0.15) is 11.8 Å². The summed E-state index contributed by atoms with van der Waals surface area (Å²) in [6, 6.07) is 7.04. The lowest BCUT2D eigenvalue weighted by Gasteiger charge is -2.26. The van der Waals surface area contributed by atoms with E-state index in [1.54, 1.807) is 0 Å². The van der Waals surface area contributed by atoms with Crippen molar-refractivity contribution in [2.75, 3.05) is 11.5 Å². The van der Waals surface area contributed by atoms with Gasteiger partial charge < -0.3 is 10.4 Å². The first-order valence-electron chi connectivity index (χ1n) is 6.48. The first kappa shape index (κ1) is 11.4. The second-order valence-electron chi connectivity index (χ2n) is 5.03. The Bertz CT molecular complexity index is 401. The van der Waals surface area contributed by atoms with Gasteiger partial charge >= 0.3 is 0 Å². The Morgan fingerprint density at radius 3 is 2.82 bits per heavy atom. The molecule has 1 aliphatic carbocycles. The van der Waals surface area contributed by atoms with Crippen molar-refractivity contribution >= 4 is 11.8 Å². The van der Waals surface area contributed by atoms with Gasteiger partial charge in [-0.3, -0.25) is 0 Å². The van der Waals surface area contributed by atoms with Gasteiger partial charge in [0.15, 0.2) is 0 Å². The van der Waals surface area contributed by atoms with Crippen LogP contribution in [-0.4, -0.2) is 22.7 Å². The molecule has 1 fully saturated rings. The minimum absolute atomic E-state index is 0.401. The number of aromatic hydroxyl groups is 1. The van der Waals surface area contributed by atoms with E-state index in [1.165, 1.54) is 41.9 Å². The topological polar surface area (TPSA) is 32.3 Å². The van der Waals surface area contributed by atoms with E-state index in [2.05, 4.69) is 23.1 Å². The number of fused-ring (bicyclic) bond motifs is 1. The molecule has 0 aromatic heterocycles. The Morgan fingerprint density at radius 2 is 2.00 bits per heavy atom. The largest absolute Gasteiger partial charge is 0.508 e. The maximum atomic E-state index is 9.48. The summed E-state index contributed by atoms with van der Waals surface area (Å²) in [5.41, 5.74) is 2.73. The molecule has 1 saturated heterocycles. The highest BCUT2D eigenvalue weighted by Gasteiger charge is 2.25. The molecule has 1 unspecified atom stereocenters. The third-order valence-corrected chi connectivity index (χ3v) is 4.91. The second kappa shape index (κ2) is 4.91. The third kappa shape index (κ3) is 2.45. The number of nitrogens with one attached hydrogen (secondary N) is 1. The zero-order valence-electron chi connectivity index (χ0n) is 9.98. The Labute approximate surface area is 107 Å². The van der Waals surface area contributed by atoms with Gasteiger partial charge in [-0.05, 0) is 60.4 Å². The fourth-order valence-electron chi connectivity index (χ4n) is 2.93. The fourth-order valence-corrected chi connectivity index (χ4v) is 4.03. The van der Waals surface area contributed by atoms with E-state index >= 15 is 0 Å². The van der Waals surface area contributed by atoms with E-state index in [0.29, 0.717) is 17.8 Å². The molecule has 2 aliphatic rings. The molecule has 3 rings (SSSR count). The molecule has 1 heterocycles. The molecule has 0 amide bonds. The standard InChI is InChI=1S/C14H19NOS/c16-12-2-3-13-10(9-12)1-4-14(13)15-11-5-7-17-8-6-11/h2-3,9,11,14-16H,1,4-8H2. The monoisotopic (exact) mass is 249 g/mol. The Balaban J connectivity index is 1.70. The molecule has 17 heavy (non-hydrogen) atoms. The van der Waals surface area contributed by atoms with Crippen LogP contribution in [0.1, 0.15) is 36.4 Å². The van der Waals surface area contributed by atoms with Crippen molar-refractivity contribution in [1.82, 2.24) is 5.32 Å². The fraction of sp³-hybridized carbons (Fsp3) is 0.571. The van der Waals surface area contributed by atoms with Gasteiger partial charge in [-0.25, -0.2) is 0 Å². The van der Waals surface area contributed by atoms with Gasteiger partial charge in [0.05, 0.1) is 0 Å². The number of phenols is 1. The van der Waals surface area contributed by atoms with Crippen LogP contribution in [0.15, 0.2) is 18.2 Å². The molecular weight excluding hydrogens is 230 g/mol. The average molecular weight is 249 g/mol. The van der Waals surface area contributed by atoms with Crippen molar-refractivity contribution in [2.24, 2.45) is 0 Å². The van der Waals surface area contributed by atoms with Crippen molar-refractivity contribution in [3.63, 3.8) is 0 Å².